The maximum atomic E-state index is 13.1. The van der Waals surface area contributed by atoms with Gasteiger partial charge in [0.15, 0.2) is 10.8 Å². The van der Waals surface area contributed by atoms with E-state index < -0.39 is 0 Å². The Morgan fingerprint density at radius 1 is 1.22 bits per heavy atom. The van der Waals surface area contributed by atoms with E-state index in [0.717, 1.165) is 31.7 Å². The van der Waals surface area contributed by atoms with Crippen molar-refractivity contribution in [3.8, 4) is 0 Å². The molecule has 8 heteroatoms. The quantitative estimate of drug-likeness (QED) is 0.739. The van der Waals surface area contributed by atoms with Crippen LogP contribution >= 0.6 is 11.8 Å². The van der Waals surface area contributed by atoms with Crippen molar-refractivity contribution in [2.45, 2.75) is 69.6 Å². The smallest absolute Gasteiger partial charge is 0.265 e. The Morgan fingerprint density at radius 3 is 2.59 bits per heavy atom. The van der Waals surface area contributed by atoms with Crippen LogP contribution in [0, 0.1) is 0 Å². The SMILES string of the molecule is CC(C)(C)n1ncc2c(=O)n3c(nc21)SCC3CC(=O)N1CCCCCC1. The van der Waals surface area contributed by atoms with Crippen molar-refractivity contribution < 1.29 is 4.79 Å². The number of thioether (sulfide) groups is 1. The minimum absolute atomic E-state index is 0.0795. The van der Waals surface area contributed by atoms with Crippen LogP contribution in [0.3, 0.4) is 0 Å². The van der Waals surface area contributed by atoms with Crippen LogP contribution < -0.4 is 5.56 Å². The zero-order valence-corrected chi connectivity index (χ0v) is 17.1. The molecule has 0 radical (unpaired) electrons. The van der Waals surface area contributed by atoms with Gasteiger partial charge in [-0.3, -0.25) is 14.2 Å². The van der Waals surface area contributed by atoms with E-state index >= 15 is 0 Å². The summed E-state index contributed by atoms with van der Waals surface area (Å²) in [6.07, 6.45) is 6.54. The number of aromatic nitrogens is 4. The Hall–Kier alpha value is -1.83. The highest BCUT2D eigenvalue weighted by atomic mass is 32.2. The summed E-state index contributed by atoms with van der Waals surface area (Å²) in [5.41, 5.74) is 0.306. The first-order chi connectivity index (χ1) is 12.9. The summed E-state index contributed by atoms with van der Waals surface area (Å²) in [6.45, 7) is 7.82. The van der Waals surface area contributed by atoms with Crippen LogP contribution in [0.2, 0.25) is 0 Å². The third kappa shape index (κ3) is 3.39. The number of fused-ring (bicyclic) bond motifs is 2. The van der Waals surface area contributed by atoms with E-state index in [1.807, 2.05) is 25.7 Å². The summed E-state index contributed by atoms with van der Waals surface area (Å²) in [7, 11) is 0. The summed E-state index contributed by atoms with van der Waals surface area (Å²) >= 11 is 1.56. The van der Waals surface area contributed by atoms with Crippen LogP contribution in [0.4, 0.5) is 0 Å². The summed E-state index contributed by atoms with van der Waals surface area (Å²) in [5.74, 6) is 0.880. The lowest BCUT2D eigenvalue weighted by Gasteiger charge is -2.23. The van der Waals surface area contributed by atoms with Gasteiger partial charge in [0.1, 0.15) is 5.39 Å². The lowest BCUT2D eigenvalue weighted by atomic mass is 10.1. The number of nitrogens with zero attached hydrogens (tertiary/aromatic N) is 5. The molecule has 0 aliphatic carbocycles. The third-order valence-electron chi connectivity index (χ3n) is 5.38. The molecule has 1 fully saturated rings. The Balaban J connectivity index is 1.64. The van der Waals surface area contributed by atoms with E-state index in [4.69, 9.17) is 4.98 Å². The minimum Gasteiger partial charge on any atom is -0.343 e. The summed E-state index contributed by atoms with van der Waals surface area (Å²) < 4.78 is 3.53. The minimum atomic E-state index is -0.245. The first-order valence-corrected chi connectivity index (χ1v) is 10.8. The molecule has 0 saturated carbocycles. The fraction of sp³-hybridized carbons (Fsp3) is 0.684. The molecular weight excluding hydrogens is 362 g/mol. The monoisotopic (exact) mass is 389 g/mol. The van der Waals surface area contributed by atoms with Crippen LogP contribution in [0.1, 0.15) is 58.9 Å². The normalized spacial score (nSPS) is 20.7. The molecule has 1 unspecified atom stereocenters. The predicted octanol–water partition coefficient (Wildman–Crippen LogP) is 2.79. The second kappa shape index (κ2) is 6.96. The highest BCUT2D eigenvalue weighted by molar-refractivity contribution is 7.99. The molecule has 0 bridgehead atoms. The maximum absolute atomic E-state index is 13.1. The first kappa shape index (κ1) is 18.5. The van der Waals surface area contributed by atoms with E-state index in [-0.39, 0.29) is 23.0 Å². The average Bonchev–Trinajstić information content (AvgIpc) is 3.10. The lowest BCUT2D eigenvalue weighted by Crippen LogP contribution is -2.35. The second-order valence-electron chi connectivity index (χ2n) is 8.50. The van der Waals surface area contributed by atoms with Gasteiger partial charge in [-0.05, 0) is 33.6 Å². The van der Waals surface area contributed by atoms with E-state index in [1.165, 1.54) is 12.8 Å². The number of hydrogen-bond donors (Lipinski definition) is 0. The predicted molar refractivity (Wildman–Crippen MR) is 106 cm³/mol. The van der Waals surface area contributed by atoms with Crippen LogP contribution in [-0.2, 0) is 10.3 Å². The molecule has 1 atom stereocenters. The highest BCUT2D eigenvalue weighted by Gasteiger charge is 2.31. The van der Waals surface area contributed by atoms with E-state index in [2.05, 4.69) is 5.10 Å². The molecule has 4 heterocycles. The molecule has 0 N–H and O–H groups in total. The molecular formula is C19H27N5O2S. The highest BCUT2D eigenvalue weighted by Crippen LogP contribution is 2.34. The fourth-order valence-corrected chi connectivity index (χ4v) is 5.05. The van der Waals surface area contributed by atoms with Crippen molar-refractivity contribution in [1.82, 2.24) is 24.2 Å². The van der Waals surface area contributed by atoms with Gasteiger partial charge < -0.3 is 4.90 Å². The lowest BCUT2D eigenvalue weighted by molar-refractivity contribution is -0.131. The molecule has 1 amide bonds. The van der Waals surface area contributed by atoms with E-state index in [1.54, 1.807) is 27.2 Å². The summed E-state index contributed by atoms with van der Waals surface area (Å²) in [6, 6.07) is -0.122. The van der Waals surface area contributed by atoms with E-state index in [9.17, 15) is 9.59 Å². The number of amides is 1. The number of carbonyl (C=O) groups excluding carboxylic acids is 1. The number of rotatable bonds is 2. The van der Waals surface area contributed by atoms with Gasteiger partial charge in [-0.2, -0.15) is 5.10 Å². The van der Waals surface area contributed by atoms with Crippen molar-refractivity contribution >= 4 is 28.7 Å². The maximum Gasteiger partial charge on any atom is 0.265 e. The fourth-order valence-electron chi connectivity index (χ4n) is 3.92. The van der Waals surface area contributed by atoms with Crippen molar-refractivity contribution in [2.24, 2.45) is 0 Å². The van der Waals surface area contributed by atoms with Crippen LogP contribution in [0.15, 0.2) is 16.1 Å². The zero-order chi connectivity index (χ0) is 19.2. The van der Waals surface area contributed by atoms with Crippen LogP contribution in [0.5, 0.6) is 0 Å². The largest absolute Gasteiger partial charge is 0.343 e. The Labute approximate surface area is 163 Å². The molecule has 2 aliphatic rings. The number of carbonyl (C=O) groups is 1. The van der Waals surface area contributed by atoms with Crippen molar-refractivity contribution in [3.05, 3.63) is 16.6 Å². The molecule has 27 heavy (non-hydrogen) atoms. The average molecular weight is 390 g/mol. The molecule has 1 saturated heterocycles. The van der Waals surface area contributed by atoms with Crippen molar-refractivity contribution in [1.29, 1.82) is 0 Å². The van der Waals surface area contributed by atoms with Crippen LogP contribution in [-0.4, -0.2) is 49.0 Å². The molecule has 2 aromatic heterocycles. The molecule has 146 valence electrons. The molecule has 7 nitrogen and oxygen atoms in total. The number of likely N-dealkylation sites (tertiary alicyclic amines) is 1. The Kier molecular flexibility index (Phi) is 4.78. The molecule has 4 rings (SSSR count). The van der Waals surface area contributed by atoms with Gasteiger partial charge in [-0.1, -0.05) is 24.6 Å². The number of hydrogen-bond acceptors (Lipinski definition) is 5. The van der Waals surface area contributed by atoms with Gasteiger partial charge in [0.05, 0.1) is 17.8 Å². The van der Waals surface area contributed by atoms with Gasteiger partial charge in [-0.15, -0.1) is 0 Å². The molecule has 2 aliphatic heterocycles. The topological polar surface area (TPSA) is 73.0 Å². The molecule has 0 spiro atoms. The first-order valence-electron chi connectivity index (χ1n) is 9.77. The van der Waals surface area contributed by atoms with Gasteiger partial charge in [0.25, 0.3) is 5.56 Å². The standard InChI is InChI=1S/C19H27N5O2S/c1-19(2,3)24-16-14(11-20-24)17(26)23-13(12-27-18(23)21-16)10-15(25)22-8-6-4-5-7-9-22/h11,13H,4-10,12H2,1-3H3. The van der Waals surface area contributed by atoms with Crippen molar-refractivity contribution in [3.63, 3.8) is 0 Å². The second-order valence-corrected chi connectivity index (χ2v) is 9.49. The Bertz CT molecular complexity index is 919. The molecule has 2 aromatic rings. The van der Waals surface area contributed by atoms with Gasteiger partial charge in [0, 0.05) is 25.3 Å². The summed E-state index contributed by atoms with van der Waals surface area (Å²) in [4.78, 5) is 32.6. The van der Waals surface area contributed by atoms with Crippen LogP contribution in [0.25, 0.3) is 11.0 Å². The summed E-state index contributed by atoms with van der Waals surface area (Å²) in [5, 5.41) is 5.63. The van der Waals surface area contributed by atoms with Gasteiger partial charge in [0.2, 0.25) is 5.91 Å². The third-order valence-corrected chi connectivity index (χ3v) is 6.47. The zero-order valence-electron chi connectivity index (χ0n) is 16.3. The van der Waals surface area contributed by atoms with Gasteiger partial charge >= 0.3 is 0 Å². The van der Waals surface area contributed by atoms with Crippen molar-refractivity contribution in [2.75, 3.05) is 18.8 Å². The van der Waals surface area contributed by atoms with Gasteiger partial charge in [-0.25, -0.2) is 9.67 Å². The molecule has 0 aromatic carbocycles. The Morgan fingerprint density at radius 2 is 1.93 bits per heavy atom. The van der Waals surface area contributed by atoms with E-state index in [0.29, 0.717) is 22.6 Å².